The van der Waals surface area contributed by atoms with Crippen molar-refractivity contribution in [1.29, 1.82) is 0 Å². The van der Waals surface area contributed by atoms with E-state index in [-0.39, 0.29) is 29.1 Å². The molecule has 0 aliphatic carbocycles. The minimum absolute atomic E-state index is 0.0215. The summed E-state index contributed by atoms with van der Waals surface area (Å²) >= 11 is 0. The number of hydrogen-bond donors (Lipinski definition) is 0. The number of benzene rings is 1. The smallest absolute Gasteiger partial charge is 0.410 e. The Kier molecular flexibility index (Phi) is 8.32. The fourth-order valence-electron chi connectivity index (χ4n) is 4.90. The number of Topliss-reactive ketones (excluding diaryl/α,β-unsaturated/α-hetero) is 1. The van der Waals surface area contributed by atoms with Crippen molar-refractivity contribution in [2.45, 2.75) is 64.1 Å². The lowest BCUT2D eigenvalue weighted by Crippen LogP contribution is -2.41. The third kappa shape index (κ3) is 6.68. The van der Waals surface area contributed by atoms with Gasteiger partial charge in [0, 0.05) is 31.3 Å². The van der Waals surface area contributed by atoms with E-state index in [1.807, 2.05) is 43.5 Å². The molecule has 0 N–H and O–H groups in total. The number of halogens is 3. The van der Waals surface area contributed by atoms with Crippen molar-refractivity contribution in [3.8, 4) is 22.8 Å². The molecule has 1 amide bonds. The number of nitrogens with zero attached hydrogens (tertiary/aromatic N) is 3. The van der Waals surface area contributed by atoms with Crippen molar-refractivity contribution >= 4 is 17.5 Å². The highest BCUT2D eigenvalue weighted by Gasteiger charge is 2.31. The highest BCUT2D eigenvalue weighted by atomic mass is 19.4. The lowest BCUT2D eigenvalue weighted by Gasteiger charge is -2.33. The van der Waals surface area contributed by atoms with Gasteiger partial charge in [0.1, 0.15) is 28.3 Å². The Morgan fingerprint density at radius 1 is 1.02 bits per heavy atom. The summed E-state index contributed by atoms with van der Waals surface area (Å²) in [4.78, 5) is 31.4. The van der Waals surface area contributed by atoms with Gasteiger partial charge in [0.2, 0.25) is 0 Å². The Balaban J connectivity index is 1.55. The summed E-state index contributed by atoms with van der Waals surface area (Å²) in [6.07, 6.45) is -1.46. The molecule has 3 aromatic rings. The maximum atomic E-state index is 12.7. The van der Waals surface area contributed by atoms with Crippen LogP contribution in [0.15, 0.2) is 36.7 Å². The third-order valence-electron chi connectivity index (χ3n) is 6.87. The van der Waals surface area contributed by atoms with Gasteiger partial charge in [-0.2, -0.15) is 13.2 Å². The third-order valence-corrected chi connectivity index (χ3v) is 6.87. The zero-order chi connectivity index (χ0) is 29.2. The molecule has 1 aliphatic rings. The first-order valence-corrected chi connectivity index (χ1v) is 13.1. The number of pyridine rings is 1. The van der Waals surface area contributed by atoms with Gasteiger partial charge in [0.15, 0.2) is 5.78 Å². The SMILES string of the molecule is COc1cc(-c2cnc3cc(C4CCN(C(=O)OC(C)(C)C)CC4)ccn23)cc(OC)c1C(=O)CCC(F)(F)F. The van der Waals surface area contributed by atoms with Gasteiger partial charge >= 0.3 is 12.3 Å². The Bertz CT molecular complexity index is 1360. The molecule has 4 rings (SSSR count). The van der Waals surface area contributed by atoms with Crippen molar-refractivity contribution in [2.24, 2.45) is 0 Å². The quantitative estimate of drug-likeness (QED) is 0.300. The maximum Gasteiger partial charge on any atom is 0.410 e. The number of alkyl halides is 3. The minimum Gasteiger partial charge on any atom is -0.496 e. The van der Waals surface area contributed by atoms with Gasteiger partial charge in [0.25, 0.3) is 0 Å². The second kappa shape index (κ2) is 11.4. The number of likely N-dealkylation sites (tertiary alicyclic amines) is 1. The van der Waals surface area contributed by atoms with E-state index in [1.54, 1.807) is 23.2 Å². The zero-order valence-electron chi connectivity index (χ0n) is 23.3. The summed E-state index contributed by atoms with van der Waals surface area (Å²) in [6.45, 7) is 6.77. The van der Waals surface area contributed by atoms with Crippen LogP contribution in [0.3, 0.4) is 0 Å². The number of ketones is 1. The van der Waals surface area contributed by atoms with Crippen LogP contribution in [-0.2, 0) is 4.74 Å². The predicted molar refractivity (Wildman–Crippen MR) is 143 cm³/mol. The first kappa shape index (κ1) is 29.2. The van der Waals surface area contributed by atoms with Gasteiger partial charge in [-0.05, 0) is 69.4 Å². The van der Waals surface area contributed by atoms with Crippen LogP contribution in [0.25, 0.3) is 16.9 Å². The molecule has 11 heteroatoms. The van der Waals surface area contributed by atoms with Crippen LogP contribution >= 0.6 is 0 Å². The molecule has 1 aromatic carbocycles. The van der Waals surface area contributed by atoms with Crippen molar-refractivity contribution in [3.63, 3.8) is 0 Å². The molecule has 1 fully saturated rings. The number of carbonyl (C=O) groups excluding carboxylic acids is 2. The number of carbonyl (C=O) groups is 2. The number of methoxy groups -OCH3 is 2. The van der Waals surface area contributed by atoms with Gasteiger partial charge in [0.05, 0.1) is 32.5 Å². The fraction of sp³-hybridized carbons (Fsp3) is 0.483. The van der Waals surface area contributed by atoms with E-state index in [0.29, 0.717) is 30.0 Å². The summed E-state index contributed by atoms with van der Waals surface area (Å²) in [5.74, 6) is -0.182. The second-order valence-electron chi connectivity index (χ2n) is 10.9. The largest absolute Gasteiger partial charge is 0.496 e. The summed E-state index contributed by atoms with van der Waals surface area (Å²) in [5, 5.41) is 0. The minimum atomic E-state index is -4.44. The van der Waals surface area contributed by atoms with Crippen LogP contribution in [0.5, 0.6) is 11.5 Å². The number of rotatable bonds is 7. The molecule has 1 saturated heterocycles. The number of fused-ring (bicyclic) bond motifs is 1. The Labute approximate surface area is 231 Å². The van der Waals surface area contributed by atoms with E-state index >= 15 is 0 Å². The molecule has 0 spiro atoms. The van der Waals surface area contributed by atoms with Gasteiger partial charge < -0.3 is 19.1 Å². The molecule has 2 aromatic heterocycles. The molecular formula is C29H34F3N3O5. The highest BCUT2D eigenvalue weighted by Crippen LogP contribution is 2.38. The van der Waals surface area contributed by atoms with E-state index in [4.69, 9.17) is 14.2 Å². The lowest BCUT2D eigenvalue weighted by atomic mass is 9.90. The van der Waals surface area contributed by atoms with Crippen LogP contribution in [0.2, 0.25) is 0 Å². The molecule has 0 unspecified atom stereocenters. The molecule has 0 radical (unpaired) electrons. The standard InChI is InChI=1S/C29H34F3N3O5/c1-28(2,3)40-27(37)34-11-7-18(8-12-34)19-9-13-35-21(17-33-25(35)16-19)20-14-23(38-4)26(24(15-20)39-5)22(36)6-10-29(30,31)32/h9,13-18H,6-8,10-12H2,1-5H3. The van der Waals surface area contributed by atoms with Crippen LogP contribution in [0.4, 0.5) is 18.0 Å². The number of aromatic nitrogens is 2. The predicted octanol–water partition coefficient (Wildman–Crippen LogP) is 6.66. The molecule has 0 bridgehead atoms. The van der Waals surface area contributed by atoms with Gasteiger partial charge in [-0.3, -0.25) is 9.20 Å². The first-order chi connectivity index (χ1) is 18.8. The van der Waals surface area contributed by atoms with Crippen molar-refractivity contribution in [3.05, 3.63) is 47.8 Å². The van der Waals surface area contributed by atoms with E-state index in [2.05, 4.69) is 4.98 Å². The molecular weight excluding hydrogens is 527 g/mol. The zero-order valence-corrected chi connectivity index (χ0v) is 23.3. The number of ether oxygens (including phenoxy) is 3. The topological polar surface area (TPSA) is 82.4 Å². The Morgan fingerprint density at radius 3 is 2.20 bits per heavy atom. The maximum absolute atomic E-state index is 12.7. The van der Waals surface area contributed by atoms with Crippen molar-refractivity contribution in [2.75, 3.05) is 27.3 Å². The van der Waals surface area contributed by atoms with E-state index in [1.165, 1.54) is 14.2 Å². The normalized spacial score (nSPS) is 14.8. The number of imidazole rings is 1. The molecule has 0 saturated carbocycles. The molecule has 0 atom stereocenters. The summed E-state index contributed by atoms with van der Waals surface area (Å²) in [6, 6.07) is 7.25. The second-order valence-corrected chi connectivity index (χ2v) is 10.9. The summed E-state index contributed by atoms with van der Waals surface area (Å²) in [7, 11) is 2.71. The monoisotopic (exact) mass is 561 g/mol. The van der Waals surface area contributed by atoms with Crippen LogP contribution in [-0.4, -0.2) is 65.2 Å². The Hall–Kier alpha value is -3.76. The van der Waals surface area contributed by atoms with E-state index in [9.17, 15) is 22.8 Å². The van der Waals surface area contributed by atoms with Crippen LogP contribution < -0.4 is 9.47 Å². The summed E-state index contributed by atoms with van der Waals surface area (Å²) < 4.78 is 56.3. The van der Waals surface area contributed by atoms with E-state index in [0.717, 1.165) is 18.4 Å². The highest BCUT2D eigenvalue weighted by molar-refractivity contribution is 6.02. The Morgan fingerprint density at radius 2 is 1.65 bits per heavy atom. The average molecular weight is 562 g/mol. The van der Waals surface area contributed by atoms with Crippen LogP contribution in [0, 0.1) is 0 Å². The van der Waals surface area contributed by atoms with E-state index < -0.39 is 30.4 Å². The van der Waals surface area contributed by atoms with Crippen molar-refractivity contribution in [1.82, 2.24) is 14.3 Å². The van der Waals surface area contributed by atoms with Gasteiger partial charge in [-0.25, -0.2) is 9.78 Å². The molecule has 216 valence electrons. The number of piperidine rings is 1. The lowest BCUT2D eigenvalue weighted by molar-refractivity contribution is -0.133. The van der Waals surface area contributed by atoms with Gasteiger partial charge in [-0.15, -0.1) is 0 Å². The van der Waals surface area contributed by atoms with Crippen molar-refractivity contribution < 1.29 is 37.0 Å². The molecule has 1 aliphatic heterocycles. The molecule has 3 heterocycles. The van der Waals surface area contributed by atoms with Crippen LogP contribution in [0.1, 0.15) is 68.3 Å². The number of amides is 1. The average Bonchev–Trinajstić information content (AvgIpc) is 3.33. The molecule has 8 nitrogen and oxygen atoms in total. The fourth-order valence-corrected chi connectivity index (χ4v) is 4.90. The molecule has 40 heavy (non-hydrogen) atoms. The van der Waals surface area contributed by atoms with Gasteiger partial charge in [-0.1, -0.05) is 0 Å². The first-order valence-electron chi connectivity index (χ1n) is 13.1. The summed E-state index contributed by atoms with van der Waals surface area (Å²) in [5.41, 5.74) is 2.61. The number of hydrogen-bond acceptors (Lipinski definition) is 6.